The number of rotatable bonds is 2. The van der Waals surface area contributed by atoms with Crippen LogP contribution in [0, 0.1) is 25.5 Å². The van der Waals surface area contributed by atoms with Gasteiger partial charge in [0.15, 0.2) is 0 Å². The molecule has 0 fully saturated rings. The van der Waals surface area contributed by atoms with Crippen molar-refractivity contribution in [1.82, 2.24) is 0 Å². The monoisotopic (exact) mass is 260 g/mol. The summed E-state index contributed by atoms with van der Waals surface area (Å²) >= 11 is 0. The Balaban J connectivity index is 2.32. The van der Waals surface area contributed by atoms with Gasteiger partial charge < -0.3 is 5.11 Å². The average molecular weight is 260 g/mol. The molecule has 2 aromatic carbocycles. The summed E-state index contributed by atoms with van der Waals surface area (Å²) in [6.45, 7) is 3.61. The minimum atomic E-state index is -0.599. The van der Waals surface area contributed by atoms with E-state index in [0.29, 0.717) is 5.56 Å². The molecule has 0 aliphatic heterocycles. The lowest BCUT2D eigenvalue weighted by atomic mass is 10.0. The molecule has 0 radical (unpaired) electrons. The van der Waals surface area contributed by atoms with E-state index in [9.17, 15) is 13.9 Å². The van der Waals surface area contributed by atoms with Crippen molar-refractivity contribution in [2.45, 2.75) is 13.8 Å². The van der Waals surface area contributed by atoms with E-state index in [1.54, 1.807) is 12.2 Å². The van der Waals surface area contributed by atoms with Crippen LogP contribution < -0.4 is 0 Å². The van der Waals surface area contributed by atoms with Gasteiger partial charge in [-0.1, -0.05) is 12.2 Å². The Morgan fingerprint density at radius 2 is 1.21 bits per heavy atom. The highest BCUT2D eigenvalue weighted by Gasteiger charge is 2.02. The van der Waals surface area contributed by atoms with Crippen molar-refractivity contribution < 1.29 is 13.9 Å². The minimum absolute atomic E-state index is 0.272. The van der Waals surface area contributed by atoms with E-state index >= 15 is 0 Å². The first-order chi connectivity index (χ1) is 8.95. The maximum atomic E-state index is 13.0. The number of phenolic OH excluding ortho intramolecular Hbond substituents is 1. The van der Waals surface area contributed by atoms with Crippen molar-refractivity contribution in [1.29, 1.82) is 0 Å². The third kappa shape index (κ3) is 3.19. The predicted molar refractivity (Wildman–Crippen MR) is 72.9 cm³/mol. The van der Waals surface area contributed by atoms with Crippen molar-refractivity contribution in [3.8, 4) is 5.75 Å². The van der Waals surface area contributed by atoms with Gasteiger partial charge in [-0.3, -0.25) is 0 Å². The Morgan fingerprint density at radius 3 is 1.68 bits per heavy atom. The summed E-state index contributed by atoms with van der Waals surface area (Å²) in [5.41, 5.74) is 2.87. The van der Waals surface area contributed by atoms with Gasteiger partial charge in [-0.15, -0.1) is 0 Å². The highest BCUT2D eigenvalue weighted by molar-refractivity contribution is 5.71. The SMILES string of the molecule is Cc1cc(/C=C/c2cc(F)cc(F)c2)cc(C)c1O. The number of hydrogen-bond acceptors (Lipinski definition) is 1. The van der Waals surface area contributed by atoms with Gasteiger partial charge in [0.1, 0.15) is 17.4 Å². The summed E-state index contributed by atoms with van der Waals surface area (Å²) in [5.74, 6) is -0.926. The standard InChI is InChI=1S/C16H14F2O/c1-10-5-12(6-11(2)16(10)19)3-4-13-7-14(17)9-15(18)8-13/h3-9,19H,1-2H3/b4-3+. The van der Waals surface area contributed by atoms with Crippen LogP contribution in [0.2, 0.25) is 0 Å². The molecule has 0 unspecified atom stereocenters. The zero-order valence-electron chi connectivity index (χ0n) is 10.7. The highest BCUT2D eigenvalue weighted by atomic mass is 19.1. The second kappa shape index (κ2) is 5.22. The maximum absolute atomic E-state index is 13.0. The normalized spacial score (nSPS) is 11.2. The van der Waals surface area contributed by atoms with E-state index in [4.69, 9.17) is 0 Å². The van der Waals surface area contributed by atoms with Gasteiger partial charge in [0.25, 0.3) is 0 Å². The quantitative estimate of drug-likeness (QED) is 0.790. The van der Waals surface area contributed by atoms with Crippen LogP contribution in [0.1, 0.15) is 22.3 Å². The lowest BCUT2D eigenvalue weighted by molar-refractivity contribution is 0.467. The summed E-state index contributed by atoms with van der Waals surface area (Å²) < 4.78 is 26.1. The Morgan fingerprint density at radius 1 is 0.789 bits per heavy atom. The van der Waals surface area contributed by atoms with Crippen LogP contribution >= 0.6 is 0 Å². The summed E-state index contributed by atoms with van der Waals surface area (Å²) in [6, 6.07) is 6.99. The van der Waals surface area contributed by atoms with Crippen LogP contribution in [0.3, 0.4) is 0 Å². The first-order valence-electron chi connectivity index (χ1n) is 5.90. The topological polar surface area (TPSA) is 20.2 Å². The second-order valence-electron chi connectivity index (χ2n) is 4.54. The predicted octanol–water partition coefficient (Wildman–Crippen LogP) is 4.46. The van der Waals surface area contributed by atoms with E-state index in [1.807, 2.05) is 26.0 Å². The molecule has 0 amide bonds. The zero-order chi connectivity index (χ0) is 14.0. The van der Waals surface area contributed by atoms with Crippen molar-refractivity contribution in [2.24, 2.45) is 0 Å². The third-order valence-corrected chi connectivity index (χ3v) is 2.87. The molecule has 0 saturated heterocycles. The van der Waals surface area contributed by atoms with Gasteiger partial charge in [0, 0.05) is 6.07 Å². The van der Waals surface area contributed by atoms with Crippen molar-refractivity contribution >= 4 is 12.2 Å². The summed E-state index contributed by atoms with van der Waals surface area (Å²) in [6.07, 6.45) is 3.39. The number of aromatic hydroxyl groups is 1. The molecule has 3 heteroatoms. The van der Waals surface area contributed by atoms with Gasteiger partial charge >= 0.3 is 0 Å². The van der Waals surface area contributed by atoms with Gasteiger partial charge in [-0.25, -0.2) is 8.78 Å². The Labute approximate surface area is 110 Å². The first kappa shape index (κ1) is 13.3. The molecule has 2 aromatic rings. The number of aryl methyl sites for hydroxylation is 2. The molecule has 0 aromatic heterocycles. The van der Waals surface area contributed by atoms with Crippen LogP contribution in [0.4, 0.5) is 8.78 Å². The fourth-order valence-corrected chi connectivity index (χ4v) is 1.95. The zero-order valence-corrected chi connectivity index (χ0v) is 10.7. The van der Waals surface area contributed by atoms with Crippen LogP contribution in [0.5, 0.6) is 5.75 Å². The number of phenols is 1. The maximum Gasteiger partial charge on any atom is 0.126 e. The Hall–Kier alpha value is -2.16. The molecule has 0 aliphatic carbocycles. The van der Waals surface area contributed by atoms with E-state index in [0.717, 1.165) is 22.8 Å². The molecule has 0 spiro atoms. The average Bonchev–Trinajstić information content (AvgIpc) is 2.32. The van der Waals surface area contributed by atoms with E-state index in [1.165, 1.54) is 12.1 Å². The minimum Gasteiger partial charge on any atom is -0.507 e. The molecular formula is C16H14F2O. The van der Waals surface area contributed by atoms with Crippen molar-refractivity contribution in [3.05, 3.63) is 64.2 Å². The van der Waals surface area contributed by atoms with E-state index in [2.05, 4.69) is 0 Å². The van der Waals surface area contributed by atoms with E-state index in [-0.39, 0.29) is 5.75 Å². The molecule has 0 saturated carbocycles. The lowest BCUT2D eigenvalue weighted by Crippen LogP contribution is -1.84. The Kier molecular flexibility index (Phi) is 3.65. The van der Waals surface area contributed by atoms with Crippen LogP contribution in [0.15, 0.2) is 30.3 Å². The number of benzene rings is 2. The van der Waals surface area contributed by atoms with Gasteiger partial charge in [-0.05, 0) is 60.4 Å². The largest absolute Gasteiger partial charge is 0.507 e. The fraction of sp³-hybridized carbons (Fsp3) is 0.125. The molecule has 98 valence electrons. The molecule has 1 N–H and O–H groups in total. The third-order valence-electron chi connectivity index (χ3n) is 2.87. The molecule has 0 bridgehead atoms. The van der Waals surface area contributed by atoms with E-state index < -0.39 is 11.6 Å². The fourth-order valence-electron chi connectivity index (χ4n) is 1.95. The van der Waals surface area contributed by atoms with Crippen LogP contribution in [-0.4, -0.2) is 5.11 Å². The molecule has 0 aliphatic rings. The smallest absolute Gasteiger partial charge is 0.126 e. The number of hydrogen-bond donors (Lipinski definition) is 1. The van der Waals surface area contributed by atoms with Gasteiger partial charge in [0.05, 0.1) is 0 Å². The van der Waals surface area contributed by atoms with Crippen molar-refractivity contribution in [2.75, 3.05) is 0 Å². The van der Waals surface area contributed by atoms with Crippen LogP contribution in [-0.2, 0) is 0 Å². The van der Waals surface area contributed by atoms with Crippen LogP contribution in [0.25, 0.3) is 12.2 Å². The summed E-state index contributed by atoms with van der Waals surface area (Å²) in [5, 5.41) is 9.67. The molecular weight excluding hydrogens is 246 g/mol. The lowest BCUT2D eigenvalue weighted by Gasteiger charge is -2.04. The van der Waals surface area contributed by atoms with Gasteiger partial charge in [-0.2, -0.15) is 0 Å². The summed E-state index contributed by atoms with van der Waals surface area (Å²) in [4.78, 5) is 0. The van der Waals surface area contributed by atoms with Gasteiger partial charge in [0.2, 0.25) is 0 Å². The molecule has 1 nitrogen and oxygen atoms in total. The van der Waals surface area contributed by atoms with Crippen molar-refractivity contribution in [3.63, 3.8) is 0 Å². The molecule has 19 heavy (non-hydrogen) atoms. The molecule has 0 atom stereocenters. The molecule has 2 rings (SSSR count). The highest BCUT2D eigenvalue weighted by Crippen LogP contribution is 2.24. The molecule has 0 heterocycles. The first-order valence-corrected chi connectivity index (χ1v) is 5.90. The number of halogens is 2. The Bertz CT molecular complexity index is 602. The second-order valence-corrected chi connectivity index (χ2v) is 4.54. The summed E-state index contributed by atoms with van der Waals surface area (Å²) in [7, 11) is 0.